The molecule has 0 radical (unpaired) electrons. The van der Waals surface area contributed by atoms with E-state index in [1.54, 1.807) is 36.4 Å². The lowest BCUT2D eigenvalue weighted by atomic mass is 9.99. The lowest BCUT2D eigenvalue weighted by molar-refractivity contribution is -0.122. The molecule has 1 fully saturated rings. The number of benzene rings is 4. The lowest BCUT2D eigenvalue weighted by Crippen LogP contribution is -2.54. The van der Waals surface area contributed by atoms with E-state index in [4.69, 9.17) is 21.1 Å². The van der Waals surface area contributed by atoms with Gasteiger partial charge >= 0.3 is 6.03 Å². The Kier molecular flexibility index (Phi) is 7.11. The van der Waals surface area contributed by atoms with Gasteiger partial charge in [-0.05, 0) is 60.2 Å². The molecule has 4 aromatic rings. The van der Waals surface area contributed by atoms with Crippen LogP contribution >= 0.6 is 11.6 Å². The van der Waals surface area contributed by atoms with Gasteiger partial charge in [0, 0.05) is 16.1 Å². The van der Waals surface area contributed by atoms with Gasteiger partial charge in [-0.1, -0.05) is 60.1 Å². The third-order valence-corrected chi connectivity index (χ3v) is 6.44. The van der Waals surface area contributed by atoms with E-state index in [-0.39, 0.29) is 12.2 Å². The third-order valence-electron chi connectivity index (χ3n) is 6.07. The molecule has 0 bridgehead atoms. The zero-order valence-electron chi connectivity index (χ0n) is 20.4. The van der Waals surface area contributed by atoms with Crippen molar-refractivity contribution >= 4 is 52.0 Å². The quantitative estimate of drug-likeness (QED) is 0.231. The number of imide groups is 2. The molecule has 1 aliphatic heterocycles. The van der Waals surface area contributed by atoms with Gasteiger partial charge in [-0.15, -0.1) is 0 Å². The number of rotatable bonds is 7. The highest BCUT2D eigenvalue weighted by Gasteiger charge is 2.37. The van der Waals surface area contributed by atoms with Crippen molar-refractivity contribution in [1.82, 2.24) is 5.32 Å². The standard InChI is InChI=1S/C30H23ClN2O5/c1-2-37-22-14-12-21(13-15-22)33-29(35)25(28(34)32-30(33)36)17-24-23-9-5-3-7-19(23)11-16-27(24)38-18-20-8-4-6-10-26(20)31/h3-17H,2,18H2,1H3,(H,32,34,36)/b25-17+. The molecule has 1 aliphatic rings. The van der Waals surface area contributed by atoms with E-state index in [9.17, 15) is 14.4 Å². The molecule has 0 aliphatic carbocycles. The summed E-state index contributed by atoms with van der Waals surface area (Å²) >= 11 is 6.30. The number of urea groups is 1. The zero-order chi connectivity index (χ0) is 26.6. The first-order valence-corrected chi connectivity index (χ1v) is 12.4. The van der Waals surface area contributed by atoms with Gasteiger partial charge < -0.3 is 9.47 Å². The number of fused-ring (bicyclic) bond motifs is 1. The van der Waals surface area contributed by atoms with Crippen LogP contribution in [-0.2, 0) is 16.2 Å². The summed E-state index contributed by atoms with van der Waals surface area (Å²) in [6.45, 7) is 2.53. The zero-order valence-corrected chi connectivity index (χ0v) is 21.2. The number of nitrogens with one attached hydrogen (secondary N) is 1. The Labute approximate surface area is 224 Å². The van der Waals surface area contributed by atoms with Gasteiger partial charge in [-0.25, -0.2) is 9.69 Å². The van der Waals surface area contributed by atoms with Crippen LogP contribution in [0, 0.1) is 0 Å². The minimum Gasteiger partial charge on any atom is -0.494 e. The smallest absolute Gasteiger partial charge is 0.335 e. The average Bonchev–Trinajstić information content (AvgIpc) is 2.92. The molecule has 0 atom stereocenters. The number of nitrogens with zero attached hydrogens (tertiary/aromatic N) is 1. The van der Waals surface area contributed by atoms with Crippen LogP contribution in [0.5, 0.6) is 11.5 Å². The average molecular weight is 527 g/mol. The normalized spacial score (nSPS) is 14.6. The monoisotopic (exact) mass is 526 g/mol. The Morgan fingerprint density at radius 1 is 0.868 bits per heavy atom. The van der Waals surface area contributed by atoms with Crippen LogP contribution in [0.25, 0.3) is 16.8 Å². The van der Waals surface area contributed by atoms with Gasteiger partial charge in [-0.2, -0.15) is 0 Å². The first kappa shape index (κ1) is 25.0. The summed E-state index contributed by atoms with van der Waals surface area (Å²) in [4.78, 5) is 40.0. The number of amides is 4. The molecule has 190 valence electrons. The molecule has 0 spiro atoms. The molecule has 38 heavy (non-hydrogen) atoms. The second kappa shape index (κ2) is 10.8. The van der Waals surface area contributed by atoms with Gasteiger partial charge in [0.15, 0.2) is 0 Å². The summed E-state index contributed by atoms with van der Waals surface area (Å²) in [6, 6.07) is 24.3. The van der Waals surface area contributed by atoms with Crippen molar-refractivity contribution in [2.45, 2.75) is 13.5 Å². The van der Waals surface area contributed by atoms with Gasteiger partial charge in [0.1, 0.15) is 23.7 Å². The Morgan fingerprint density at radius 2 is 1.61 bits per heavy atom. The summed E-state index contributed by atoms with van der Waals surface area (Å²) in [5.74, 6) is -0.467. The van der Waals surface area contributed by atoms with Crippen molar-refractivity contribution in [3.05, 3.63) is 107 Å². The molecule has 5 rings (SSSR count). The molecule has 1 saturated heterocycles. The molecular formula is C30H23ClN2O5. The van der Waals surface area contributed by atoms with Crippen LogP contribution in [0.3, 0.4) is 0 Å². The van der Waals surface area contributed by atoms with Gasteiger partial charge in [-0.3, -0.25) is 14.9 Å². The SMILES string of the molecule is CCOc1ccc(N2C(=O)NC(=O)/C(=C\c3c(OCc4ccccc4Cl)ccc4ccccc34)C2=O)cc1. The Hall–Kier alpha value is -4.62. The Morgan fingerprint density at radius 3 is 2.37 bits per heavy atom. The van der Waals surface area contributed by atoms with Crippen LogP contribution in [-0.4, -0.2) is 24.5 Å². The summed E-state index contributed by atoms with van der Waals surface area (Å²) in [5.41, 5.74) is 1.44. The minimum absolute atomic E-state index is 0.186. The number of halogens is 1. The molecule has 4 amide bonds. The van der Waals surface area contributed by atoms with E-state index in [1.807, 2.05) is 55.5 Å². The van der Waals surface area contributed by atoms with Crippen LogP contribution in [0.1, 0.15) is 18.1 Å². The van der Waals surface area contributed by atoms with Gasteiger partial charge in [0.05, 0.1) is 12.3 Å². The van der Waals surface area contributed by atoms with E-state index in [1.165, 1.54) is 6.08 Å². The van der Waals surface area contributed by atoms with Gasteiger partial charge in [0.2, 0.25) is 0 Å². The molecule has 4 aromatic carbocycles. The number of hydrogen-bond acceptors (Lipinski definition) is 5. The summed E-state index contributed by atoms with van der Waals surface area (Å²) in [6.07, 6.45) is 1.47. The largest absolute Gasteiger partial charge is 0.494 e. The summed E-state index contributed by atoms with van der Waals surface area (Å²) < 4.78 is 11.6. The number of hydrogen-bond donors (Lipinski definition) is 1. The fourth-order valence-corrected chi connectivity index (χ4v) is 4.41. The maximum Gasteiger partial charge on any atom is 0.335 e. The third kappa shape index (κ3) is 4.96. The van der Waals surface area contributed by atoms with E-state index in [0.29, 0.717) is 34.4 Å². The van der Waals surface area contributed by atoms with Crippen LogP contribution in [0.4, 0.5) is 10.5 Å². The Balaban J connectivity index is 1.55. The van der Waals surface area contributed by atoms with E-state index in [2.05, 4.69) is 5.32 Å². The fourth-order valence-electron chi connectivity index (χ4n) is 4.22. The molecule has 1 heterocycles. The molecule has 7 nitrogen and oxygen atoms in total. The maximum atomic E-state index is 13.5. The van der Waals surface area contributed by atoms with Crippen LogP contribution in [0.2, 0.25) is 5.02 Å². The second-order valence-electron chi connectivity index (χ2n) is 8.46. The highest BCUT2D eigenvalue weighted by Crippen LogP contribution is 2.33. The number of carbonyl (C=O) groups excluding carboxylic acids is 3. The molecule has 8 heteroatoms. The van der Waals surface area contributed by atoms with Crippen molar-refractivity contribution in [3.8, 4) is 11.5 Å². The summed E-state index contributed by atoms with van der Waals surface area (Å²) in [5, 5.41) is 4.51. The van der Waals surface area contributed by atoms with Crippen molar-refractivity contribution < 1.29 is 23.9 Å². The molecule has 0 unspecified atom stereocenters. The topological polar surface area (TPSA) is 84.9 Å². The van der Waals surface area contributed by atoms with E-state index < -0.39 is 17.8 Å². The van der Waals surface area contributed by atoms with E-state index >= 15 is 0 Å². The van der Waals surface area contributed by atoms with Crippen LogP contribution < -0.4 is 19.7 Å². The highest BCUT2D eigenvalue weighted by atomic mass is 35.5. The summed E-state index contributed by atoms with van der Waals surface area (Å²) in [7, 11) is 0. The number of barbiturate groups is 1. The highest BCUT2D eigenvalue weighted by molar-refractivity contribution is 6.39. The number of anilines is 1. The number of ether oxygens (including phenoxy) is 2. The minimum atomic E-state index is -0.825. The fraction of sp³-hybridized carbons (Fsp3) is 0.100. The predicted molar refractivity (Wildman–Crippen MR) is 146 cm³/mol. The molecular weight excluding hydrogens is 504 g/mol. The maximum absolute atomic E-state index is 13.5. The molecule has 0 aromatic heterocycles. The second-order valence-corrected chi connectivity index (χ2v) is 8.87. The van der Waals surface area contributed by atoms with Gasteiger partial charge in [0.25, 0.3) is 11.8 Å². The Bertz CT molecular complexity index is 1580. The molecule has 0 saturated carbocycles. The number of carbonyl (C=O) groups is 3. The van der Waals surface area contributed by atoms with Crippen molar-refractivity contribution in [1.29, 1.82) is 0 Å². The molecule has 1 N–H and O–H groups in total. The first-order valence-electron chi connectivity index (χ1n) is 12.0. The van der Waals surface area contributed by atoms with Crippen LogP contribution in [0.15, 0.2) is 90.5 Å². The lowest BCUT2D eigenvalue weighted by Gasteiger charge is -2.26. The van der Waals surface area contributed by atoms with Crippen molar-refractivity contribution in [2.75, 3.05) is 11.5 Å². The van der Waals surface area contributed by atoms with E-state index in [0.717, 1.165) is 21.2 Å². The van der Waals surface area contributed by atoms with Crippen molar-refractivity contribution in [2.24, 2.45) is 0 Å². The first-order chi connectivity index (χ1) is 18.5. The van der Waals surface area contributed by atoms with Crippen molar-refractivity contribution in [3.63, 3.8) is 0 Å². The predicted octanol–water partition coefficient (Wildman–Crippen LogP) is 6.14.